The molecule has 3 nitrogen and oxygen atoms in total. The third kappa shape index (κ3) is 9.61. The molecule has 7 atom stereocenters. The lowest BCUT2D eigenvalue weighted by Crippen LogP contribution is -2.49. The van der Waals surface area contributed by atoms with Crippen LogP contribution in [0.3, 0.4) is 0 Å². The number of allylic oxidation sites excluding steroid dienone is 2. The number of benzene rings is 1. The molecule has 3 aliphatic carbocycles. The van der Waals surface area contributed by atoms with E-state index in [1.807, 2.05) is 0 Å². The zero-order valence-electron chi connectivity index (χ0n) is 37.8. The first-order valence-electron chi connectivity index (χ1n) is 21.1. The Kier molecular flexibility index (Phi) is 13.0. The maximum absolute atomic E-state index is 7.17. The van der Waals surface area contributed by atoms with Gasteiger partial charge in [-0.3, -0.25) is 0 Å². The highest BCUT2D eigenvalue weighted by Gasteiger charge is 2.51. The van der Waals surface area contributed by atoms with Crippen molar-refractivity contribution >= 4 is 25.0 Å². The van der Waals surface area contributed by atoms with Crippen LogP contribution in [0, 0.1) is 35.0 Å². The van der Waals surface area contributed by atoms with Crippen LogP contribution in [0.25, 0.3) is 0 Å². The molecule has 2 unspecified atom stereocenters. The Morgan fingerprint density at radius 2 is 1.38 bits per heavy atom. The van der Waals surface area contributed by atoms with E-state index in [9.17, 15) is 0 Å². The second kappa shape index (κ2) is 15.5. The summed E-state index contributed by atoms with van der Waals surface area (Å²) in [5.74, 6) is 11.0. The fourth-order valence-electron chi connectivity index (χ4n) is 8.51. The van der Waals surface area contributed by atoms with Crippen LogP contribution in [0.4, 0.5) is 0 Å². The van der Waals surface area contributed by atoms with Crippen LogP contribution in [0.2, 0.25) is 54.4 Å². The highest BCUT2D eigenvalue weighted by Crippen LogP contribution is 2.59. The highest BCUT2D eigenvalue weighted by molar-refractivity contribution is 6.75. The SMILES string of the molecule is CC1=C(C#CC2=CCC[C@]3(C)[C@@H]([C@H](C)C(C)c4cccc(O[Si](C)(C)C(C)(C)C)c4)CC[C@@H]23)CC(O[Si](C)(C)C(C)(C)C)C[C@@H]1O[Si](C)(C)C(C)(C)C. The zero-order chi connectivity index (χ0) is 40.2. The lowest BCUT2D eigenvalue weighted by atomic mass is 9.60. The second-order valence-electron chi connectivity index (χ2n) is 22.2. The minimum atomic E-state index is -1.99. The van der Waals surface area contributed by atoms with Crippen LogP contribution in [-0.2, 0) is 8.85 Å². The first-order chi connectivity index (χ1) is 24.0. The molecule has 4 rings (SSSR count). The predicted molar refractivity (Wildman–Crippen MR) is 237 cm³/mol. The largest absolute Gasteiger partial charge is 0.543 e. The van der Waals surface area contributed by atoms with E-state index >= 15 is 0 Å². The normalized spacial score (nSPS) is 27.4. The quantitative estimate of drug-likeness (QED) is 0.185. The molecule has 53 heavy (non-hydrogen) atoms. The standard InChI is InChI=1S/C47H80O3Si3/c1-33(37-22-20-24-39(30-37)48-51(14,15)44(4,5)6)34(2)41-27-28-42-36(23-21-29-47(41,42)13)25-26-38-31-40(49-52(16,17)45(7,8)9)32-43(35(38)3)50-53(18,19)46(10,11)12/h20,22-24,30,33-34,40-43H,21,27-29,31-32H2,1-19H3/t33?,34-,40?,41-,42+,43+,47-/m1/s1. The van der Waals surface area contributed by atoms with E-state index in [0.29, 0.717) is 23.7 Å². The summed E-state index contributed by atoms with van der Waals surface area (Å²) in [4.78, 5) is 0. The molecule has 1 aromatic carbocycles. The Hall–Kier alpha value is -1.37. The summed E-state index contributed by atoms with van der Waals surface area (Å²) in [7, 11) is -5.85. The van der Waals surface area contributed by atoms with Crippen molar-refractivity contribution in [3.63, 3.8) is 0 Å². The smallest absolute Gasteiger partial charge is 0.250 e. The Morgan fingerprint density at radius 1 is 0.792 bits per heavy atom. The highest BCUT2D eigenvalue weighted by atomic mass is 28.4. The molecular formula is C47H80O3Si3. The van der Waals surface area contributed by atoms with Gasteiger partial charge < -0.3 is 13.3 Å². The Balaban J connectivity index is 1.59. The average molecular weight is 777 g/mol. The molecule has 0 heterocycles. The molecule has 0 radical (unpaired) electrons. The van der Waals surface area contributed by atoms with Crippen molar-refractivity contribution in [1.82, 2.24) is 0 Å². The average Bonchev–Trinajstić information content (AvgIpc) is 3.36. The van der Waals surface area contributed by atoms with Crippen molar-refractivity contribution in [3.8, 4) is 17.6 Å². The Morgan fingerprint density at radius 3 is 1.96 bits per heavy atom. The number of hydrogen-bond donors (Lipinski definition) is 0. The minimum absolute atomic E-state index is 0.0679. The Labute approximate surface area is 331 Å². The van der Waals surface area contributed by atoms with Crippen LogP contribution in [-0.4, -0.2) is 37.2 Å². The van der Waals surface area contributed by atoms with Gasteiger partial charge >= 0.3 is 0 Å². The third-order valence-electron chi connectivity index (χ3n) is 15.6. The summed E-state index contributed by atoms with van der Waals surface area (Å²) < 4.78 is 21.0. The van der Waals surface area contributed by atoms with E-state index < -0.39 is 25.0 Å². The zero-order valence-corrected chi connectivity index (χ0v) is 40.8. The Bertz CT molecular complexity index is 1580. The van der Waals surface area contributed by atoms with E-state index in [1.54, 1.807) is 0 Å². The maximum Gasteiger partial charge on any atom is 0.250 e. The third-order valence-corrected chi connectivity index (χ3v) is 28.9. The van der Waals surface area contributed by atoms with Gasteiger partial charge in [-0.15, -0.1) is 0 Å². The summed E-state index contributed by atoms with van der Waals surface area (Å²) in [6.07, 6.45) is 9.42. The monoisotopic (exact) mass is 777 g/mol. The summed E-state index contributed by atoms with van der Waals surface area (Å²) in [5, 5.41) is 0.493. The van der Waals surface area contributed by atoms with Gasteiger partial charge in [0.1, 0.15) is 5.75 Å². The molecule has 0 N–H and O–H groups in total. The second-order valence-corrected chi connectivity index (χ2v) is 36.5. The molecule has 0 spiro atoms. The van der Waals surface area contributed by atoms with Crippen molar-refractivity contribution in [2.75, 3.05) is 0 Å². The van der Waals surface area contributed by atoms with E-state index in [1.165, 1.54) is 41.5 Å². The van der Waals surface area contributed by atoms with E-state index in [0.717, 1.165) is 25.0 Å². The number of hydrogen-bond acceptors (Lipinski definition) is 3. The fraction of sp³-hybridized carbons (Fsp3) is 0.745. The van der Waals surface area contributed by atoms with Gasteiger partial charge in [-0.1, -0.05) is 113 Å². The van der Waals surface area contributed by atoms with E-state index in [4.69, 9.17) is 13.3 Å². The lowest BCUT2D eigenvalue weighted by Gasteiger charge is -2.45. The number of rotatable bonds is 9. The van der Waals surface area contributed by atoms with Crippen molar-refractivity contribution in [3.05, 3.63) is 52.6 Å². The van der Waals surface area contributed by atoms with Gasteiger partial charge in [-0.25, -0.2) is 0 Å². The van der Waals surface area contributed by atoms with E-state index in [2.05, 4.69) is 171 Å². The van der Waals surface area contributed by atoms with Crippen LogP contribution >= 0.6 is 0 Å². The van der Waals surface area contributed by atoms with Gasteiger partial charge in [0, 0.05) is 24.0 Å². The lowest BCUT2D eigenvalue weighted by molar-refractivity contribution is 0.0988. The summed E-state index contributed by atoms with van der Waals surface area (Å²) in [6.45, 7) is 45.1. The first-order valence-corrected chi connectivity index (χ1v) is 29.8. The predicted octanol–water partition coefficient (Wildman–Crippen LogP) is 14.5. The van der Waals surface area contributed by atoms with Gasteiger partial charge in [-0.2, -0.15) is 0 Å². The topological polar surface area (TPSA) is 27.7 Å². The molecular weight excluding hydrogens is 697 g/mol. The van der Waals surface area contributed by atoms with Gasteiger partial charge in [-0.05, 0) is 139 Å². The van der Waals surface area contributed by atoms with Gasteiger partial charge in [0.15, 0.2) is 16.6 Å². The van der Waals surface area contributed by atoms with Crippen molar-refractivity contribution in [2.24, 2.45) is 23.2 Å². The molecule has 6 heteroatoms. The molecule has 0 bridgehead atoms. The fourth-order valence-corrected chi connectivity index (χ4v) is 12.2. The maximum atomic E-state index is 7.17. The molecule has 1 saturated carbocycles. The van der Waals surface area contributed by atoms with Gasteiger partial charge in [0.25, 0.3) is 0 Å². The van der Waals surface area contributed by atoms with Crippen LogP contribution in [0.1, 0.15) is 140 Å². The molecule has 1 fully saturated rings. The summed E-state index contributed by atoms with van der Waals surface area (Å²) in [5.41, 5.74) is 5.66. The molecule has 3 aliphatic rings. The molecule has 298 valence electrons. The van der Waals surface area contributed by atoms with Crippen molar-refractivity contribution < 1.29 is 13.3 Å². The molecule has 0 aliphatic heterocycles. The van der Waals surface area contributed by atoms with Crippen molar-refractivity contribution in [1.29, 1.82) is 0 Å². The van der Waals surface area contributed by atoms with Gasteiger partial charge in [0.2, 0.25) is 8.32 Å². The van der Waals surface area contributed by atoms with Crippen molar-refractivity contribution in [2.45, 2.75) is 201 Å². The molecule has 0 saturated heterocycles. The molecule has 0 aromatic heterocycles. The summed E-state index contributed by atoms with van der Waals surface area (Å²) >= 11 is 0. The van der Waals surface area contributed by atoms with Crippen LogP contribution in [0.5, 0.6) is 5.75 Å². The molecule has 0 amide bonds. The minimum Gasteiger partial charge on any atom is -0.543 e. The van der Waals surface area contributed by atoms with E-state index in [-0.39, 0.29) is 32.7 Å². The molecule has 1 aromatic rings. The first kappa shape index (κ1) is 44.3. The van der Waals surface area contributed by atoms with Crippen LogP contribution in [0.15, 0.2) is 47.1 Å². The number of fused-ring (bicyclic) bond motifs is 1. The van der Waals surface area contributed by atoms with Gasteiger partial charge in [0.05, 0.1) is 12.2 Å². The van der Waals surface area contributed by atoms with Crippen LogP contribution < -0.4 is 4.43 Å². The summed E-state index contributed by atoms with van der Waals surface area (Å²) in [6, 6.07) is 9.05.